The second kappa shape index (κ2) is 5.49. The smallest absolute Gasteiger partial charge is 0.317 e. The van der Waals surface area contributed by atoms with Crippen LogP contribution in [0.2, 0.25) is 0 Å². The number of hydrogen-bond acceptors (Lipinski definition) is 1. The molecule has 96 valence electrons. The van der Waals surface area contributed by atoms with Crippen LogP contribution in [0.4, 0.5) is 17.6 Å². The molecule has 1 aromatic carbocycles. The van der Waals surface area contributed by atoms with E-state index in [0.29, 0.717) is 0 Å². The SMILES string of the molecule is CNC(C)CC(F)c1ccccc1C(F)(F)F. The molecule has 0 aliphatic rings. The number of benzene rings is 1. The quantitative estimate of drug-likeness (QED) is 0.802. The fourth-order valence-corrected chi connectivity index (χ4v) is 1.58. The van der Waals surface area contributed by atoms with Crippen molar-refractivity contribution >= 4 is 0 Å². The summed E-state index contributed by atoms with van der Waals surface area (Å²) in [5.74, 6) is 0. The van der Waals surface area contributed by atoms with Crippen molar-refractivity contribution in [2.75, 3.05) is 7.05 Å². The minimum Gasteiger partial charge on any atom is -0.317 e. The summed E-state index contributed by atoms with van der Waals surface area (Å²) in [6.45, 7) is 1.72. The fourth-order valence-electron chi connectivity index (χ4n) is 1.58. The lowest BCUT2D eigenvalue weighted by Crippen LogP contribution is -2.23. The Labute approximate surface area is 97.8 Å². The zero-order chi connectivity index (χ0) is 13.1. The average molecular weight is 249 g/mol. The van der Waals surface area contributed by atoms with Gasteiger partial charge in [0.1, 0.15) is 6.17 Å². The first-order chi connectivity index (χ1) is 7.86. The lowest BCUT2D eigenvalue weighted by Gasteiger charge is -2.18. The van der Waals surface area contributed by atoms with Crippen LogP contribution >= 0.6 is 0 Å². The number of nitrogens with one attached hydrogen (secondary N) is 1. The Morgan fingerprint density at radius 3 is 2.35 bits per heavy atom. The fraction of sp³-hybridized carbons (Fsp3) is 0.500. The van der Waals surface area contributed by atoms with E-state index in [1.54, 1.807) is 14.0 Å². The van der Waals surface area contributed by atoms with Gasteiger partial charge in [-0.25, -0.2) is 4.39 Å². The van der Waals surface area contributed by atoms with E-state index in [-0.39, 0.29) is 18.0 Å². The molecule has 1 rings (SSSR count). The standard InChI is InChI=1S/C12H15F4N/c1-8(17-2)7-11(13)9-5-3-4-6-10(9)12(14,15)16/h3-6,8,11,17H,7H2,1-2H3. The van der Waals surface area contributed by atoms with Gasteiger partial charge >= 0.3 is 6.18 Å². The number of alkyl halides is 4. The zero-order valence-corrected chi connectivity index (χ0v) is 9.68. The predicted molar refractivity (Wildman–Crippen MR) is 58.4 cm³/mol. The Morgan fingerprint density at radius 2 is 1.82 bits per heavy atom. The van der Waals surface area contributed by atoms with Crippen LogP contribution in [0.3, 0.4) is 0 Å². The van der Waals surface area contributed by atoms with Crippen LogP contribution in [-0.2, 0) is 6.18 Å². The van der Waals surface area contributed by atoms with E-state index in [4.69, 9.17) is 0 Å². The van der Waals surface area contributed by atoms with Crippen molar-refractivity contribution in [1.29, 1.82) is 0 Å². The Hall–Kier alpha value is -1.10. The molecule has 5 heteroatoms. The maximum Gasteiger partial charge on any atom is 0.416 e. The third kappa shape index (κ3) is 3.70. The zero-order valence-electron chi connectivity index (χ0n) is 9.68. The second-order valence-corrected chi connectivity index (χ2v) is 3.98. The molecule has 0 bridgehead atoms. The van der Waals surface area contributed by atoms with Crippen LogP contribution in [0.15, 0.2) is 24.3 Å². The average Bonchev–Trinajstić information content (AvgIpc) is 2.27. The number of halogens is 4. The van der Waals surface area contributed by atoms with Crippen molar-refractivity contribution in [2.45, 2.75) is 31.7 Å². The topological polar surface area (TPSA) is 12.0 Å². The van der Waals surface area contributed by atoms with Crippen molar-refractivity contribution in [2.24, 2.45) is 0 Å². The first kappa shape index (κ1) is 14.0. The summed E-state index contributed by atoms with van der Waals surface area (Å²) in [4.78, 5) is 0. The third-order valence-corrected chi connectivity index (χ3v) is 2.66. The lowest BCUT2D eigenvalue weighted by molar-refractivity contribution is -0.138. The number of rotatable bonds is 4. The Balaban J connectivity index is 2.97. The molecule has 0 aliphatic carbocycles. The predicted octanol–water partition coefficient (Wildman–Crippen LogP) is 3.71. The highest BCUT2D eigenvalue weighted by atomic mass is 19.4. The highest BCUT2D eigenvalue weighted by molar-refractivity contribution is 5.31. The summed E-state index contributed by atoms with van der Waals surface area (Å²) in [6.07, 6.45) is -6.11. The summed E-state index contributed by atoms with van der Waals surface area (Å²) in [5, 5.41) is 2.80. The van der Waals surface area contributed by atoms with E-state index < -0.39 is 17.9 Å². The van der Waals surface area contributed by atoms with E-state index in [0.717, 1.165) is 6.07 Å². The van der Waals surface area contributed by atoms with Crippen LogP contribution in [0.25, 0.3) is 0 Å². The molecule has 0 amide bonds. The van der Waals surface area contributed by atoms with Crippen molar-refractivity contribution < 1.29 is 17.6 Å². The maximum atomic E-state index is 13.8. The van der Waals surface area contributed by atoms with Gasteiger partial charge in [-0.2, -0.15) is 13.2 Å². The molecule has 0 radical (unpaired) electrons. The summed E-state index contributed by atoms with van der Waals surface area (Å²) < 4.78 is 51.8. The molecule has 0 heterocycles. The van der Waals surface area contributed by atoms with Gasteiger partial charge in [0, 0.05) is 6.04 Å². The van der Waals surface area contributed by atoms with Gasteiger partial charge in [-0.3, -0.25) is 0 Å². The van der Waals surface area contributed by atoms with Crippen molar-refractivity contribution in [3.05, 3.63) is 35.4 Å². The third-order valence-electron chi connectivity index (χ3n) is 2.66. The van der Waals surface area contributed by atoms with Gasteiger partial charge in [-0.15, -0.1) is 0 Å². The van der Waals surface area contributed by atoms with E-state index in [9.17, 15) is 17.6 Å². The summed E-state index contributed by atoms with van der Waals surface area (Å²) >= 11 is 0. The Kier molecular flexibility index (Phi) is 4.51. The Morgan fingerprint density at radius 1 is 1.24 bits per heavy atom. The highest BCUT2D eigenvalue weighted by Gasteiger charge is 2.35. The molecular weight excluding hydrogens is 234 g/mol. The highest BCUT2D eigenvalue weighted by Crippen LogP contribution is 2.36. The molecule has 0 aliphatic heterocycles. The minimum atomic E-state index is -4.51. The molecule has 1 N–H and O–H groups in total. The summed E-state index contributed by atoms with van der Waals surface area (Å²) in [6, 6.07) is 4.61. The van der Waals surface area contributed by atoms with Crippen molar-refractivity contribution in [3.63, 3.8) is 0 Å². The van der Waals surface area contributed by atoms with Crippen LogP contribution in [0.5, 0.6) is 0 Å². The molecule has 0 aromatic heterocycles. The van der Waals surface area contributed by atoms with Crippen LogP contribution < -0.4 is 5.32 Å². The van der Waals surface area contributed by atoms with Gasteiger partial charge < -0.3 is 5.32 Å². The molecule has 1 aromatic rings. The summed E-state index contributed by atoms with van der Waals surface area (Å²) in [7, 11) is 1.65. The Bertz CT molecular complexity index is 362. The molecule has 0 saturated carbocycles. The molecule has 0 fully saturated rings. The first-order valence-electron chi connectivity index (χ1n) is 5.33. The van der Waals surface area contributed by atoms with E-state index >= 15 is 0 Å². The van der Waals surface area contributed by atoms with Crippen LogP contribution in [0.1, 0.15) is 30.6 Å². The normalized spacial score (nSPS) is 15.6. The molecular formula is C12H15F4N. The van der Waals surface area contributed by atoms with E-state index in [1.807, 2.05) is 0 Å². The molecule has 0 saturated heterocycles. The van der Waals surface area contributed by atoms with Crippen LogP contribution in [0, 0.1) is 0 Å². The molecule has 1 nitrogen and oxygen atoms in total. The second-order valence-electron chi connectivity index (χ2n) is 3.98. The number of hydrogen-bond donors (Lipinski definition) is 1. The molecule has 0 spiro atoms. The van der Waals surface area contributed by atoms with Crippen molar-refractivity contribution in [1.82, 2.24) is 5.32 Å². The van der Waals surface area contributed by atoms with E-state index in [2.05, 4.69) is 5.32 Å². The molecule has 2 unspecified atom stereocenters. The van der Waals surface area contributed by atoms with Crippen LogP contribution in [-0.4, -0.2) is 13.1 Å². The van der Waals surface area contributed by atoms with Gasteiger partial charge in [0.25, 0.3) is 0 Å². The maximum absolute atomic E-state index is 13.8. The van der Waals surface area contributed by atoms with Gasteiger partial charge in [0.15, 0.2) is 0 Å². The first-order valence-corrected chi connectivity index (χ1v) is 5.33. The monoisotopic (exact) mass is 249 g/mol. The minimum absolute atomic E-state index is 0.0175. The van der Waals surface area contributed by atoms with Gasteiger partial charge in [0.05, 0.1) is 5.56 Å². The van der Waals surface area contributed by atoms with Gasteiger partial charge in [0.2, 0.25) is 0 Å². The van der Waals surface area contributed by atoms with Crippen molar-refractivity contribution in [3.8, 4) is 0 Å². The summed E-state index contributed by atoms with van der Waals surface area (Å²) in [5.41, 5.74) is -1.18. The molecule has 2 atom stereocenters. The van der Waals surface area contributed by atoms with E-state index in [1.165, 1.54) is 18.2 Å². The molecule has 17 heavy (non-hydrogen) atoms. The van der Waals surface area contributed by atoms with Gasteiger partial charge in [-0.05, 0) is 32.0 Å². The largest absolute Gasteiger partial charge is 0.416 e. The lowest BCUT2D eigenvalue weighted by atomic mass is 9.98. The van der Waals surface area contributed by atoms with Gasteiger partial charge in [-0.1, -0.05) is 18.2 Å².